The summed E-state index contributed by atoms with van der Waals surface area (Å²) in [6.45, 7) is 6.26. The molecule has 1 aliphatic rings. The number of likely N-dealkylation sites (tertiary alicyclic amines) is 1. The summed E-state index contributed by atoms with van der Waals surface area (Å²) in [6, 6.07) is 3.70. The number of nitrogens with one attached hydrogen (secondary N) is 1. The first-order chi connectivity index (χ1) is 9.50. The van der Waals surface area contributed by atoms with Gasteiger partial charge in [0.15, 0.2) is 0 Å². The summed E-state index contributed by atoms with van der Waals surface area (Å²) in [5, 5.41) is 19.5. The number of nitrogens with zero attached hydrogens (tertiary/aromatic N) is 2. The Kier molecular flexibility index (Phi) is 3.48. The van der Waals surface area contributed by atoms with E-state index in [-0.39, 0.29) is 5.54 Å². The lowest BCUT2D eigenvalue weighted by Crippen LogP contribution is -2.46. The first kappa shape index (κ1) is 13.9. The van der Waals surface area contributed by atoms with Crippen LogP contribution in [0.25, 0.3) is 10.9 Å². The molecular weight excluding hydrogens is 274 g/mol. The van der Waals surface area contributed by atoms with Crippen LogP contribution in [-0.4, -0.2) is 38.8 Å². The molecule has 1 aliphatic heterocycles. The van der Waals surface area contributed by atoms with Crippen molar-refractivity contribution in [2.75, 3.05) is 13.1 Å². The van der Waals surface area contributed by atoms with E-state index in [0.717, 1.165) is 29.6 Å². The number of H-pyrrole nitrogens is 1. The van der Waals surface area contributed by atoms with Crippen LogP contribution in [0.2, 0.25) is 5.02 Å². The highest BCUT2D eigenvalue weighted by molar-refractivity contribution is 6.31. The minimum absolute atomic E-state index is 0.320. The Morgan fingerprint density at radius 3 is 2.75 bits per heavy atom. The molecule has 0 bridgehead atoms. The molecule has 1 fully saturated rings. The third kappa shape index (κ3) is 2.22. The van der Waals surface area contributed by atoms with Crippen LogP contribution in [0.3, 0.4) is 0 Å². The lowest BCUT2D eigenvalue weighted by Gasteiger charge is -2.39. The van der Waals surface area contributed by atoms with Gasteiger partial charge in [-0.15, -0.1) is 0 Å². The van der Waals surface area contributed by atoms with Crippen molar-refractivity contribution in [2.45, 2.75) is 38.3 Å². The fourth-order valence-electron chi connectivity index (χ4n) is 3.11. The Hall–Kier alpha value is -1.10. The molecule has 0 spiro atoms. The molecule has 5 heteroatoms. The average Bonchev–Trinajstić information content (AvgIpc) is 3.07. The molecular formula is C15H20ClN3O. The van der Waals surface area contributed by atoms with Gasteiger partial charge in [0.05, 0.1) is 17.8 Å². The molecule has 0 aliphatic carbocycles. The molecule has 108 valence electrons. The van der Waals surface area contributed by atoms with Crippen LogP contribution in [-0.2, 0) is 0 Å². The maximum atomic E-state index is 10.9. The normalized spacial score (nSPS) is 18.8. The summed E-state index contributed by atoms with van der Waals surface area (Å²) in [5.74, 6) is 0. The molecule has 2 aromatic rings. The number of aromatic amines is 1. The first-order valence-electron chi connectivity index (χ1n) is 7.06. The predicted molar refractivity (Wildman–Crippen MR) is 80.9 cm³/mol. The Morgan fingerprint density at radius 2 is 2.05 bits per heavy atom. The lowest BCUT2D eigenvalue weighted by atomic mass is 9.88. The van der Waals surface area contributed by atoms with Crippen LogP contribution < -0.4 is 0 Å². The number of halogens is 1. The van der Waals surface area contributed by atoms with E-state index in [2.05, 4.69) is 28.9 Å². The van der Waals surface area contributed by atoms with Gasteiger partial charge in [-0.1, -0.05) is 11.6 Å². The molecule has 4 nitrogen and oxygen atoms in total. The highest BCUT2D eigenvalue weighted by atomic mass is 35.5. The van der Waals surface area contributed by atoms with E-state index in [1.807, 2.05) is 12.1 Å². The molecule has 0 saturated carbocycles. The van der Waals surface area contributed by atoms with E-state index in [1.165, 1.54) is 12.8 Å². The van der Waals surface area contributed by atoms with E-state index < -0.39 is 6.10 Å². The second-order valence-electron chi connectivity index (χ2n) is 6.08. The van der Waals surface area contributed by atoms with Gasteiger partial charge in [0.2, 0.25) is 0 Å². The van der Waals surface area contributed by atoms with Crippen molar-refractivity contribution in [3.05, 3.63) is 28.9 Å². The number of aromatic nitrogens is 2. The SMILES string of the molecule is CC(C)(C(O)c1cc(Cl)cc2cn[nH]c12)N1CCCC1. The van der Waals surface area contributed by atoms with Crippen LogP contribution in [0.1, 0.15) is 38.4 Å². The van der Waals surface area contributed by atoms with E-state index in [0.29, 0.717) is 5.02 Å². The van der Waals surface area contributed by atoms with E-state index in [4.69, 9.17) is 11.6 Å². The second kappa shape index (κ2) is 5.02. The van der Waals surface area contributed by atoms with Gasteiger partial charge in [0, 0.05) is 21.5 Å². The molecule has 0 radical (unpaired) electrons. The van der Waals surface area contributed by atoms with Gasteiger partial charge in [0.1, 0.15) is 0 Å². The number of aliphatic hydroxyl groups is 1. The predicted octanol–water partition coefficient (Wildman–Crippen LogP) is 3.12. The summed E-state index contributed by atoms with van der Waals surface area (Å²) in [4.78, 5) is 2.35. The number of benzene rings is 1. The summed E-state index contributed by atoms with van der Waals surface area (Å²) >= 11 is 6.17. The molecule has 1 atom stereocenters. The van der Waals surface area contributed by atoms with E-state index in [1.54, 1.807) is 6.20 Å². The summed E-state index contributed by atoms with van der Waals surface area (Å²) in [6.07, 6.45) is 3.53. The van der Waals surface area contributed by atoms with Crippen LogP contribution in [0.15, 0.2) is 18.3 Å². The van der Waals surface area contributed by atoms with Crippen molar-refractivity contribution in [2.24, 2.45) is 0 Å². The van der Waals surface area contributed by atoms with Crippen molar-refractivity contribution in [1.29, 1.82) is 0 Å². The standard InChI is InChI=1S/C15H20ClN3O/c1-15(2,19-5-3-4-6-19)14(20)12-8-11(16)7-10-9-17-18-13(10)12/h7-9,14,20H,3-6H2,1-2H3,(H,17,18). The Labute approximate surface area is 123 Å². The van der Waals surface area contributed by atoms with E-state index in [9.17, 15) is 5.11 Å². The van der Waals surface area contributed by atoms with Crippen molar-refractivity contribution >= 4 is 22.5 Å². The van der Waals surface area contributed by atoms with Gasteiger partial charge in [-0.05, 0) is 51.9 Å². The summed E-state index contributed by atoms with van der Waals surface area (Å²) in [7, 11) is 0. The topological polar surface area (TPSA) is 52.2 Å². The number of fused-ring (bicyclic) bond motifs is 1. The number of rotatable bonds is 3. The maximum absolute atomic E-state index is 10.9. The van der Waals surface area contributed by atoms with Crippen molar-refractivity contribution < 1.29 is 5.11 Å². The van der Waals surface area contributed by atoms with Crippen molar-refractivity contribution in [1.82, 2.24) is 15.1 Å². The smallest absolute Gasteiger partial charge is 0.0989 e. The molecule has 2 N–H and O–H groups in total. The van der Waals surface area contributed by atoms with Gasteiger partial charge in [-0.25, -0.2) is 0 Å². The fourth-order valence-corrected chi connectivity index (χ4v) is 3.34. The highest BCUT2D eigenvalue weighted by Gasteiger charge is 2.37. The maximum Gasteiger partial charge on any atom is 0.0989 e. The van der Waals surface area contributed by atoms with Crippen LogP contribution >= 0.6 is 11.6 Å². The molecule has 1 unspecified atom stereocenters. The zero-order valence-electron chi connectivity index (χ0n) is 11.9. The van der Waals surface area contributed by atoms with Gasteiger partial charge in [0.25, 0.3) is 0 Å². The van der Waals surface area contributed by atoms with Crippen molar-refractivity contribution in [3.63, 3.8) is 0 Å². The van der Waals surface area contributed by atoms with Crippen LogP contribution in [0, 0.1) is 0 Å². The van der Waals surface area contributed by atoms with Gasteiger partial charge >= 0.3 is 0 Å². The average molecular weight is 294 g/mol. The Balaban J connectivity index is 2.03. The summed E-state index contributed by atoms with van der Waals surface area (Å²) < 4.78 is 0. The second-order valence-corrected chi connectivity index (χ2v) is 6.52. The lowest BCUT2D eigenvalue weighted by molar-refractivity contribution is 0.00208. The molecule has 2 heterocycles. The number of hydrogen-bond donors (Lipinski definition) is 2. The van der Waals surface area contributed by atoms with Gasteiger partial charge in [-0.2, -0.15) is 5.10 Å². The van der Waals surface area contributed by atoms with Crippen LogP contribution in [0.4, 0.5) is 0 Å². The molecule has 20 heavy (non-hydrogen) atoms. The Bertz CT molecular complexity index is 617. The quantitative estimate of drug-likeness (QED) is 0.914. The zero-order valence-corrected chi connectivity index (χ0v) is 12.6. The van der Waals surface area contributed by atoms with Crippen molar-refractivity contribution in [3.8, 4) is 0 Å². The minimum Gasteiger partial charge on any atom is -0.386 e. The molecule has 0 amide bonds. The third-order valence-electron chi connectivity index (χ3n) is 4.43. The molecule has 1 aromatic carbocycles. The molecule has 1 aromatic heterocycles. The Morgan fingerprint density at radius 1 is 1.35 bits per heavy atom. The largest absolute Gasteiger partial charge is 0.386 e. The van der Waals surface area contributed by atoms with Gasteiger partial charge < -0.3 is 5.11 Å². The first-order valence-corrected chi connectivity index (χ1v) is 7.43. The molecule has 1 saturated heterocycles. The number of hydrogen-bond acceptors (Lipinski definition) is 3. The monoisotopic (exact) mass is 293 g/mol. The highest BCUT2D eigenvalue weighted by Crippen LogP contribution is 2.37. The molecule has 3 rings (SSSR count). The van der Waals surface area contributed by atoms with Crippen LogP contribution in [0.5, 0.6) is 0 Å². The fraction of sp³-hybridized carbons (Fsp3) is 0.533. The zero-order chi connectivity index (χ0) is 14.3. The summed E-state index contributed by atoms with van der Waals surface area (Å²) in [5.41, 5.74) is 1.37. The van der Waals surface area contributed by atoms with Gasteiger partial charge in [-0.3, -0.25) is 10.00 Å². The third-order valence-corrected chi connectivity index (χ3v) is 4.65. The minimum atomic E-state index is -0.609. The van der Waals surface area contributed by atoms with E-state index >= 15 is 0 Å². The number of aliphatic hydroxyl groups excluding tert-OH is 1.